The molecule has 2 aromatic heterocycles. The smallest absolute Gasteiger partial charge is 0.0846 e. The van der Waals surface area contributed by atoms with Crippen LogP contribution in [0.15, 0.2) is 30.6 Å². The summed E-state index contributed by atoms with van der Waals surface area (Å²) in [5.41, 5.74) is 2.28. The van der Waals surface area contributed by atoms with Crippen molar-refractivity contribution in [1.29, 1.82) is 0 Å². The lowest BCUT2D eigenvalue weighted by Crippen LogP contribution is -2.46. The van der Waals surface area contributed by atoms with Gasteiger partial charge in [-0.25, -0.2) is 4.52 Å². The van der Waals surface area contributed by atoms with Gasteiger partial charge in [0.15, 0.2) is 0 Å². The molecular weight excluding hydrogens is 254 g/mol. The van der Waals surface area contributed by atoms with Crippen molar-refractivity contribution in [3.8, 4) is 0 Å². The van der Waals surface area contributed by atoms with Crippen LogP contribution in [0, 0.1) is 0 Å². The first-order valence-corrected chi connectivity index (χ1v) is 7.08. The minimum absolute atomic E-state index is 0.0821. The zero-order valence-electron chi connectivity index (χ0n) is 11.8. The lowest BCUT2D eigenvalue weighted by atomic mass is 9.94. The largest absolute Gasteiger partial charge is 0.381 e. The van der Waals surface area contributed by atoms with Crippen LogP contribution >= 0.6 is 0 Å². The Morgan fingerprint density at radius 1 is 1.40 bits per heavy atom. The quantitative estimate of drug-likeness (QED) is 0.901. The number of rotatable bonds is 5. The van der Waals surface area contributed by atoms with Gasteiger partial charge < -0.3 is 14.8 Å². The Kier molecular flexibility index (Phi) is 4.00. The SMILES string of the molecule is COC1(CNCc2cnn3ccccc23)CCOCC1. The highest BCUT2D eigenvalue weighted by atomic mass is 16.5. The molecule has 1 N–H and O–H groups in total. The molecule has 0 aliphatic carbocycles. The van der Waals surface area contributed by atoms with Crippen molar-refractivity contribution in [3.05, 3.63) is 36.2 Å². The van der Waals surface area contributed by atoms with E-state index in [0.29, 0.717) is 0 Å². The molecule has 2 aromatic rings. The summed E-state index contributed by atoms with van der Waals surface area (Å²) in [6.07, 6.45) is 5.79. The van der Waals surface area contributed by atoms with Crippen molar-refractivity contribution in [3.63, 3.8) is 0 Å². The van der Waals surface area contributed by atoms with Gasteiger partial charge in [-0.2, -0.15) is 5.10 Å². The highest BCUT2D eigenvalue weighted by molar-refractivity contribution is 5.53. The van der Waals surface area contributed by atoms with Gasteiger partial charge in [0.25, 0.3) is 0 Å². The van der Waals surface area contributed by atoms with Crippen molar-refractivity contribution >= 4 is 5.52 Å². The van der Waals surface area contributed by atoms with Gasteiger partial charge in [0.2, 0.25) is 0 Å². The summed E-state index contributed by atoms with van der Waals surface area (Å²) < 4.78 is 13.0. The number of pyridine rings is 1. The predicted molar refractivity (Wildman–Crippen MR) is 76.7 cm³/mol. The molecule has 0 radical (unpaired) electrons. The molecule has 108 valence electrons. The topological polar surface area (TPSA) is 47.8 Å². The summed E-state index contributed by atoms with van der Waals surface area (Å²) in [6, 6.07) is 6.11. The molecule has 1 saturated heterocycles. The fourth-order valence-electron chi connectivity index (χ4n) is 2.75. The first-order valence-electron chi connectivity index (χ1n) is 7.08. The van der Waals surface area contributed by atoms with E-state index in [0.717, 1.165) is 44.7 Å². The molecule has 0 atom stereocenters. The zero-order valence-corrected chi connectivity index (χ0v) is 11.8. The summed E-state index contributed by atoms with van der Waals surface area (Å²) in [5.74, 6) is 0. The van der Waals surface area contributed by atoms with Crippen LogP contribution < -0.4 is 5.32 Å². The summed E-state index contributed by atoms with van der Waals surface area (Å²) in [7, 11) is 1.79. The van der Waals surface area contributed by atoms with E-state index >= 15 is 0 Å². The number of hydrogen-bond donors (Lipinski definition) is 1. The molecule has 1 aliphatic heterocycles. The Labute approximate surface area is 118 Å². The molecule has 0 amide bonds. The van der Waals surface area contributed by atoms with Crippen LogP contribution in [-0.4, -0.2) is 42.1 Å². The van der Waals surface area contributed by atoms with Crippen LogP contribution in [0.4, 0.5) is 0 Å². The standard InChI is InChI=1S/C15H21N3O2/c1-19-15(5-8-20-9-6-15)12-16-10-13-11-17-18-7-3-2-4-14(13)18/h2-4,7,11,16H,5-6,8-10,12H2,1H3. The van der Waals surface area contributed by atoms with Crippen LogP contribution in [0.2, 0.25) is 0 Å². The first kappa shape index (κ1) is 13.5. The fourth-order valence-corrected chi connectivity index (χ4v) is 2.75. The molecule has 0 spiro atoms. The summed E-state index contributed by atoms with van der Waals surface area (Å²) in [5, 5.41) is 7.85. The number of fused-ring (bicyclic) bond motifs is 1. The first-order chi connectivity index (χ1) is 9.83. The second kappa shape index (κ2) is 5.91. The second-order valence-corrected chi connectivity index (χ2v) is 5.30. The minimum Gasteiger partial charge on any atom is -0.381 e. The van der Waals surface area contributed by atoms with Crippen LogP contribution in [-0.2, 0) is 16.0 Å². The summed E-state index contributed by atoms with van der Waals surface area (Å²) in [6.45, 7) is 3.22. The zero-order chi connectivity index (χ0) is 13.8. The van der Waals surface area contributed by atoms with Gasteiger partial charge in [0.05, 0.1) is 17.3 Å². The lowest BCUT2D eigenvalue weighted by Gasteiger charge is -2.36. The van der Waals surface area contributed by atoms with E-state index in [1.54, 1.807) is 7.11 Å². The molecule has 3 heterocycles. The molecule has 0 bridgehead atoms. The van der Waals surface area contributed by atoms with Gasteiger partial charge in [-0.3, -0.25) is 0 Å². The van der Waals surface area contributed by atoms with Gasteiger partial charge >= 0.3 is 0 Å². The van der Waals surface area contributed by atoms with Crippen molar-refractivity contribution in [2.75, 3.05) is 26.9 Å². The summed E-state index contributed by atoms with van der Waals surface area (Å²) in [4.78, 5) is 0. The van der Waals surface area contributed by atoms with Crippen molar-refractivity contribution in [2.45, 2.75) is 25.0 Å². The van der Waals surface area contributed by atoms with E-state index < -0.39 is 0 Å². The molecule has 1 aliphatic rings. The Morgan fingerprint density at radius 2 is 2.25 bits per heavy atom. The molecule has 0 aromatic carbocycles. The monoisotopic (exact) mass is 275 g/mol. The Bertz CT molecular complexity index is 561. The Hall–Kier alpha value is -1.43. The average molecular weight is 275 g/mol. The predicted octanol–water partition coefficient (Wildman–Crippen LogP) is 1.62. The van der Waals surface area contributed by atoms with E-state index in [9.17, 15) is 0 Å². The molecule has 0 unspecified atom stereocenters. The maximum atomic E-state index is 5.72. The maximum Gasteiger partial charge on any atom is 0.0846 e. The maximum absolute atomic E-state index is 5.72. The van der Waals surface area contributed by atoms with Crippen molar-refractivity contribution < 1.29 is 9.47 Å². The van der Waals surface area contributed by atoms with Crippen LogP contribution in [0.3, 0.4) is 0 Å². The Balaban J connectivity index is 1.62. The van der Waals surface area contributed by atoms with E-state index in [4.69, 9.17) is 9.47 Å². The number of hydrogen-bond acceptors (Lipinski definition) is 4. The molecular formula is C15H21N3O2. The number of nitrogens with zero attached hydrogens (tertiary/aromatic N) is 2. The molecule has 1 fully saturated rings. The molecule has 3 rings (SSSR count). The molecule has 20 heavy (non-hydrogen) atoms. The van der Waals surface area contributed by atoms with E-state index in [1.165, 1.54) is 5.56 Å². The van der Waals surface area contributed by atoms with Gasteiger partial charge in [-0.1, -0.05) is 6.07 Å². The van der Waals surface area contributed by atoms with Crippen molar-refractivity contribution in [1.82, 2.24) is 14.9 Å². The lowest BCUT2D eigenvalue weighted by molar-refractivity contribution is -0.0877. The van der Waals surface area contributed by atoms with E-state index in [1.807, 2.05) is 29.0 Å². The number of nitrogens with one attached hydrogen (secondary N) is 1. The van der Waals surface area contributed by atoms with Gasteiger partial charge in [0.1, 0.15) is 0 Å². The van der Waals surface area contributed by atoms with E-state index in [2.05, 4.69) is 16.5 Å². The molecule has 0 saturated carbocycles. The molecule has 5 nitrogen and oxygen atoms in total. The third kappa shape index (κ3) is 2.70. The molecule has 5 heteroatoms. The normalized spacial score (nSPS) is 18.4. The second-order valence-electron chi connectivity index (χ2n) is 5.30. The van der Waals surface area contributed by atoms with Crippen molar-refractivity contribution in [2.24, 2.45) is 0 Å². The van der Waals surface area contributed by atoms with Gasteiger partial charge in [0, 0.05) is 58.0 Å². The third-order valence-electron chi connectivity index (χ3n) is 4.11. The highest BCUT2D eigenvalue weighted by Gasteiger charge is 2.31. The Morgan fingerprint density at radius 3 is 3.05 bits per heavy atom. The number of methoxy groups -OCH3 is 1. The van der Waals surface area contributed by atoms with Crippen LogP contribution in [0.5, 0.6) is 0 Å². The van der Waals surface area contributed by atoms with Gasteiger partial charge in [-0.05, 0) is 12.1 Å². The highest BCUT2D eigenvalue weighted by Crippen LogP contribution is 2.23. The minimum atomic E-state index is -0.0821. The number of aromatic nitrogens is 2. The van der Waals surface area contributed by atoms with E-state index in [-0.39, 0.29) is 5.60 Å². The average Bonchev–Trinajstić information content (AvgIpc) is 2.92. The van der Waals surface area contributed by atoms with Crippen LogP contribution in [0.1, 0.15) is 18.4 Å². The fraction of sp³-hybridized carbons (Fsp3) is 0.533. The number of ether oxygens (including phenoxy) is 2. The summed E-state index contributed by atoms with van der Waals surface area (Å²) >= 11 is 0. The van der Waals surface area contributed by atoms with Gasteiger partial charge in [-0.15, -0.1) is 0 Å². The third-order valence-corrected chi connectivity index (χ3v) is 4.11. The van der Waals surface area contributed by atoms with Crippen LogP contribution in [0.25, 0.3) is 5.52 Å².